The van der Waals surface area contributed by atoms with E-state index in [1.54, 1.807) is 0 Å². The molecule has 0 N–H and O–H groups in total. The molecule has 0 atom stereocenters. The molecule has 6 heteroatoms. The number of benzene rings is 2. The van der Waals surface area contributed by atoms with Crippen LogP contribution in [0.25, 0.3) is 11.1 Å². The number of hydrogen-bond donors (Lipinski definition) is 0. The van der Waals surface area contributed by atoms with Crippen molar-refractivity contribution in [3.63, 3.8) is 0 Å². The summed E-state index contributed by atoms with van der Waals surface area (Å²) in [5, 5.41) is 0.719. The summed E-state index contributed by atoms with van der Waals surface area (Å²) in [6.07, 6.45) is 0.514. The second-order valence-corrected chi connectivity index (χ2v) is 5.26. The first-order chi connectivity index (χ1) is 8.95. The number of aldehydes is 1. The average Bonchev–Trinajstić information content (AvgIpc) is 2.38. The molecule has 0 saturated heterocycles. The maximum Gasteiger partial charge on any atom is 0.150 e. The van der Waals surface area contributed by atoms with E-state index in [0.29, 0.717) is 17.4 Å². The van der Waals surface area contributed by atoms with Gasteiger partial charge in [0.2, 0.25) is 0 Å². The minimum Gasteiger partial charge on any atom is -0.298 e. The molecule has 19 heavy (non-hydrogen) atoms. The topological polar surface area (TPSA) is 17.1 Å². The molecule has 2 aromatic rings. The Labute approximate surface area is 128 Å². The van der Waals surface area contributed by atoms with Crippen molar-refractivity contribution in [2.45, 2.75) is 0 Å². The molecule has 0 aromatic heterocycles. The van der Waals surface area contributed by atoms with E-state index < -0.39 is 5.82 Å². The smallest absolute Gasteiger partial charge is 0.150 e. The fraction of sp³-hybridized carbons (Fsp3) is 0. The first-order valence-corrected chi connectivity index (χ1v) is 6.55. The molecule has 0 spiro atoms. The van der Waals surface area contributed by atoms with Gasteiger partial charge in [-0.15, -0.1) is 0 Å². The molecule has 0 aliphatic carbocycles. The monoisotopic (exact) mass is 336 g/mol. The van der Waals surface area contributed by atoms with Gasteiger partial charge in [-0.25, -0.2) is 4.39 Å². The van der Waals surface area contributed by atoms with E-state index >= 15 is 0 Å². The average molecular weight is 338 g/mol. The van der Waals surface area contributed by atoms with Gasteiger partial charge in [0.25, 0.3) is 0 Å². The van der Waals surface area contributed by atoms with Crippen molar-refractivity contribution >= 4 is 52.7 Å². The van der Waals surface area contributed by atoms with Crippen molar-refractivity contribution in [2.75, 3.05) is 0 Å². The summed E-state index contributed by atoms with van der Waals surface area (Å²) >= 11 is 24.0. The standard InChI is InChI=1S/C13H5Cl4FO/c14-9-4-10(15)13(17)11(12(9)16)8-2-1-7(18)3-6(8)5-19/h1-5H. The van der Waals surface area contributed by atoms with E-state index in [0.717, 1.165) is 6.07 Å². The number of carbonyl (C=O) groups excluding carboxylic acids is 1. The van der Waals surface area contributed by atoms with Gasteiger partial charge in [-0.05, 0) is 23.8 Å². The van der Waals surface area contributed by atoms with Crippen LogP contribution in [0.4, 0.5) is 4.39 Å². The predicted molar refractivity (Wildman–Crippen MR) is 77.3 cm³/mol. The summed E-state index contributed by atoms with van der Waals surface area (Å²) in [4.78, 5) is 11.0. The number of hydrogen-bond acceptors (Lipinski definition) is 1. The summed E-state index contributed by atoms with van der Waals surface area (Å²) < 4.78 is 13.1. The Kier molecular flexibility index (Phi) is 4.36. The van der Waals surface area contributed by atoms with Crippen LogP contribution in [0.15, 0.2) is 24.3 Å². The second kappa shape index (κ2) is 5.68. The molecule has 0 amide bonds. The van der Waals surface area contributed by atoms with Gasteiger partial charge >= 0.3 is 0 Å². The third kappa shape index (κ3) is 2.72. The Balaban J connectivity index is 2.82. The molecular weight excluding hydrogens is 333 g/mol. The van der Waals surface area contributed by atoms with Gasteiger partial charge in [-0.2, -0.15) is 0 Å². The highest BCUT2D eigenvalue weighted by molar-refractivity contribution is 6.50. The van der Waals surface area contributed by atoms with Gasteiger partial charge in [0, 0.05) is 11.1 Å². The minimum absolute atomic E-state index is 0.113. The van der Waals surface area contributed by atoms with Crippen molar-refractivity contribution in [1.29, 1.82) is 0 Å². The van der Waals surface area contributed by atoms with E-state index in [4.69, 9.17) is 46.4 Å². The van der Waals surface area contributed by atoms with E-state index in [1.807, 2.05) is 0 Å². The Morgan fingerprint density at radius 3 is 2.05 bits per heavy atom. The lowest BCUT2D eigenvalue weighted by atomic mass is 10.00. The van der Waals surface area contributed by atoms with Gasteiger partial charge in [0.05, 0.1) is 20.1 Å². The fourth-order valence-corrected chi connectivity index (χ4v) is 2.68. The predicted octanol–water partition coefficient (Wildman–Crippen LogP) is 5.92. The second-order valence-electron chi connectivity index (χ2n) is 3.69. The van der Waals surface area contributed by atoms with Crippen molar-refractivity contribution < 1.29 is 9.18 Å². The Morgan fingerprint density at radius 1 is 0.947 bits per heavy atom. The van der Waals surface area contributed by atoms with Crippen LogP contribution >= 0.6 is 46.4 Å². The van der Waals surface area contributed by atoms with Gasteiger partial charge < -0.3 is 0 Å². The quantitative estimate of drug-likeness (QED) is 0.491. The lowest BCUT2D eigenvalue weighted by Gasteiger charge is -2.12. The molecule has 0 unspecified atom stereocenters. The lowest BCUT2D eigenvalue weighted by Crippen LogP contribution is -1.92. The fourth-order valence-electron chi connectivity index (χ4n) is 1.67. The van der Waals surface area contributed by atoms with Crippen LogP contribution in [0.1, 0.15) is 10.4 Å². The zero-order chi connectivity index (χ0) is 14.2. The van der Waals surface area contributed by atoms with Gasteiger partial charge in [-0.3, -0.25) is 4.79 Å². The summed E-state index contributed by atoms with van der Waals surface area (Å²) in [5.74, 6) is -0.536. The van der Waals surface area contributed by atoms with Crippen LogP contribution in [-0.2, 0) is 0 Å². The SMILES string of the molecule is O=Cc1cc(F)ccc1-c1c(Cl)c(Cl)cc(Cl)c1Cl. The number of halogens is 5. The molecule has 0 heterocycles. The number of rotatable bonds is 2. The van der Waals surface area contributed by atoms with Crippen LogP contribution in [0.2, 0.25) is 20.1 Å². The lowest BCUT2D eigenvalue weighted by molar-refractivity contribution is 0.112. The highest BCUT2D eigenvalue weighted by Crippen LogP contribution is 2.44. The summed E-state index contributed by atoms with van der Waals surface area (Å²) in [5.41, 5.74) is 0.792. The molecule has 0 radical (unpaired) electrons. The third-order valence-electron chi connectivity index (χ3n) is 2.52. The molecule has 0 aliphatic heterocycles. The summed E-state index contributed by atoms with van der Waals surface area (Å²) in [7, 11) is 0. The maximum absolute atomic E-state index is 13.1. The third-order valence-corrected chi connectivity index (χ3v) is 4.10. The van der Waals surface area contributed by atoms with Crippen molar-refractivity contribution in [3.8, 4) is 11.1 Å². The summed E-state index contributed by atoms with van der Waals surface area (Å²) in [6.45, 7) is 0. The normalized spacial score (nSPS) is 10.6. The van der Waals surface area contributed by atoms with E-state index in [1.165, 1.54) is 18.2 Å². The van der Waals surface area contributed by atoms with Gasteiger partial charge in [0.15, 0.2) is 6.29 Å². The van der Waals surface area contributed by atoms with Crippen LogP contribution < -0.4 is 0 Å². The molecule has 98 valence electrons. The molecule has 0 saturated carbocycles. The highest BCUT2D eigenvalue weighted by Gasteiger charge is 2.18. The molecule has 0 aliphatic rings. The van der Waals surface area contributed by atoms with Gasteiger partial charge in [0.1, 0.15) is 5.82 Å². The van der Waals surface area contributed by atoms with E-state index in [-0.39, 0.29) is 25.7 Å². The largest absolute Gasteiger partial charge is 0.298 e. The van der Waals surface area contributed by atoms with Crippen LogP contribution in [0.3, 0.4) is 0 Å². The van der Waals surface area contributed by atoms with Crippen LogP contribution in [0.5, 0.6) is 0 Å². The maximum atomic E-state index is 13.1. The van der Waals surface area contributed by atoms with Crippen molar-refractivity contribution in [3.05, 3.63) is 55.7 Å². The molecule has 1 nitrogen and oxygen atoms in total. The Hall–Kier alpha value is -0.800. The molecule has 2 aromatic carbocycles. The Bertz CT molecular complexity index is 644. The van der Waals surface area contributed by atoms with Crippen LogP contribution in [0, 0.1) is 5.82 Å². The molecule has 2 rings (SSSR count). The Morgan fingerprint density at radius 2 is 1.53 bits per heavy atom. The molecule has 0 bridgehead atoms. The van der Waals surface area contributed by atoms with Crippen LogP contribution in [-0.4, -0.2) is 6.29 Å². The zero-order valence-electron chi connectivity index (χ0n) is 9.18. The zero-order valence-corrected chi connectivity index (χ0v) is 12.2. The molecular formula is C13H5Cl4FO. The van der Waals surface area contributed by atoms with Gasteiger partial charge in [-0.1, -0.05) is 52.5 Å². The number of carbonyl (C=O) groups is 1. The summed E-state index contributed by atoms with van der Waals surface area (Å²) in [6, 6.07) is 5.09. The van der Waals surface area contributed by atoms with E-state index in [9.17, 15) is 9.18 Å². The minimum atomic E-state index is -0.536. The highest BCUT2D eigenvalue weighted by atomic mass is 35.5. The first-order valence-electron chi connectivity index (χ1n) is 5.03. The van der Waals surface area contributed by atoms with Crippen molar-refractivity contribution in [1.82, 2.24) is 0 Å². The molecule has 0 fully saturated rings. The van der Waals surface area contributed by atoms with Crippen molar-refractivity contribution in [2.24, 2.45) is 0 Å². The first kappa shape index (κ1) is 14.6. The van der Waals surface area contributed by atoms with E-state index in [2.05, 4.69) is 0 Å².